The monoisotopic (exact) mass is 988 g/mol. The van der Waals surface area contributed by atoms with E-state index in [1.807, 2.05) is 0 Å². The molecule has 0 bridgehead atoms. The maximum atomic E-state index is 12.5. The van der Waals surface area contributed by atoms with Gasteiger partial charge in [-0.15, -0.1) is 0 Å². The third kappa shape index (κ3) is 58.3. The molecule has 4 heteroatoms. The summed E-state index contributed by atoms with van der Waals surface area (Å²) in [7, 11) is 0. The third-order valence-electron chi connectivity index (χ3n) is 14.2. The number of carbonyl (C=O) groups excluding carboxylic acids is 1. The van der Waals surface area contributed by atoms with E-state index in [0.717, 1.165) is 70.6 Å². The van der Waals surface area contributed by atoms with Gasteiger partial charge in [0.25, 0.3) is 0 Å². The van der Waals surface area contributed by atoms with Crippen molar-refractivity contribution in [3.8, 4) is 0 Å². The largest absolute Gasteiger partial charge is 0.394 e. The normalized spacial score (nSPS) is 13.4. The molecule has 0 rings (SSSR count). The quantitative estimate of drug-likeness (QED) is 0.0420. The van der Waals surface area contributed by atoms with Crippen molar-refractivity contribution >= 4 is 5.91 Å². The highest BCUT2D eigenvalue weighted by molar-refractivity contribution is 5.76. The summed E-state index contributed by atoms with van der Waals surface area (Å²) < 4.78 is 0. The molecule has 71 heavy (non-hydrogen) atoms. The number of unbranched alkanes of at least 4 members (excludes halogenated alkanes) is 36. The molecule has 0 spiro atoms. The van der Waals surface area contributed by atoms with E-state index in [4.69, 9.17) is 0 Å². The lowest BCUT2D eigenvalue weighted by Gasteiger charge is -2.22. The summed E-state index contributed by atoms with van der Waals surface area (Å²) in [5.74, 6) is -0.0338. The summed E-state index contributed by atoms with van der Waals surface area (Å²) in [6.07, 6.45) is 90.2. The van der Waals surface area contributed by atoms with Crippen LogP contribution in [0.4, 0.5) is 0 Å². The van der Waals surface area contributed by atoms with E-state index in [2.05, 4.69) is 104 Å². The molecule has 0 aromatic carbocycles. The Balaban J connectivity index is 3.49. The van der Waals surface area contributed by atoms with Gasteiger partial charge >= 0.3 is 0 Å². The number of amides is 1. The summed E-state index contributed by atoms with van der Waals surface area (Å²) in [5, 5.41) is 23.4. The molecule has 0 aliphatic carbocycles. The number of aliphatic hydroxyl groups is 2. The van der Waals surface area contributed by atoms with Crippen molar-refractivity contribution in [2.24, 2.45) is 0 Å². The van der Waals surface area contributed by atoms with Crippen LogP contribution in [0.15, 0.2) is 85.1 Å². The zero-order chi connectivity index (χ0) is 51.3. The van der Waals surface area contributed by atoms with E-state index < -0.39 is 12.1 Å². The number of aliphatic hydroxyl groups excluding tert-OH is 2. The lowest BCUT2D eigenvalue weighted by molar-refractivity contribution is -0.123. The fourth-order valence-corrected chi connectivity index (χ4v) is 9.46. The molecule has 0 radical (unpaired) electrons. The van der Waals surface area contributed by atoms with Gasteiger partial charge in [-0.05, 0) is 70.6 Å². The first kappa shape index (κ1) is 68.6. The Morgan fingerprint density at radius 2 is 0.620 bits per heavy atom. The van der Waals surface area contributed by atoms with Crippen molar-refractivity contribution in [1.29, 1.82) is 0 Å². The van der Waals surface area contributed by atoms with Crippen LogP contribution in [0.1, 0.15) is 316 Å². The van der Waals surface area contributed by atoms with Crippen molar-refractivity contribution in [1.82, 2.24) is 5.32 Å². The fraction of sp³-hybridized carbons (Fsp3) is 0.776. The molecular formula is C67H121NO3. The number of nitrogens with one attached hydrogen (secondary N) is 1. The first-order valence-corrected chi connectivity index (χ1v) is 31.3. The van der Waals surface area contributed by atoms with Crippen LogP contribution in [-0.2, 0) is 4.79 Å². The van der Waals surface area contributed by atoms with Gasteiger partial charge in [0.1, 0.15) is 0 Å². The molecule has 4 nitrogen and oxygen atoms in total. The summed E-state index contributed by atoms with van der Waals surface area (Å²) in [4.78, 5) is 12.5. The molecule has 0 aliphatic heterocycles. The predicted molar refractivity (Wildman–Crippen MR) is 317 cm³/mol. The van der Waals surface area contributed by atoms with E-state index in [-0.39, 0.29) is 12.5 Å². The Bertz CT molecular complexity index is 1260. The van der Waals surface area contributed by atoms with Crippen LogP contribution in [0, 0.1) is 0 Å². The summed E-state index contributed by atoms with van der Waals surface area (Å²) in [6.45, 7) is 4.27. The molecule has 0 saturated heterocycles. The van der Waals surface area contributed by atoms with Crippen LogP contribution in [0.5, 0.6) is 0 Å². The van der Waals surface area contributed by atoms with Crippen molar-refractivity contribution in [3.63, 3.8) is 0 Å². The minimum atomic E-state index is -0.667. The number of allylic oxidation sites excluding steroid dienone is 14. The topological polar surface area (TPSA) is 69.6 Å². The van der Waals surface area contributed by atoms with Crippen LogP contribution >= 0.6 is 0 Å². The maximum Gasteiger partial charge on any atom is 0.220 e. The van der Waals surface area contributed by atoms with Gasteiger partial charge in [0.15, 0.2) is 0 Å². The molecule has 1 amide bonds. The molecular weight excluding hydrogens is 867 g/mol. The average Bonchev–Trinajstić information content (AvgIpc) is 3.37. The van der Waals surface area contributed by atoms with E-state index in [1.165, 1.54) is 218 Å². The van der Waals surface area contributed by atoms with Crippen LogP contribution in [-0.4, -0.2) is 34.9 Å². The molecule has 0 aromatic rings. The Hall–Kier alpha value is -2.43. The van der Waals surface area contributed by atoms with Gasteiger partial charge < -0.3 is 15.5 Å². The number of rotatable bonds is 57. The predicted octanol–water partition coefficient (Wildman–Crippen LogP) is 21.1. The molecule has 2 atom stereocenters. The molecule has 0 fully saturated rings. The van der Waals surface area contributed by atoms with Gasteiger partial charge in [0.05, 0.1) is 18.8 Å². The van der Waals surface area contributed by atoms with Crippen LogP contribution < -0.4 is 5.32 Å². The second-order valence-electron chi connectivity index (χ2n) is 21.1. The van der Waals surface area contributed by atoms with Crippen molar-refractivity contribution in [2.75, 3.05) is 6.61 Å². The Labute approximate surface area is 443 Å². The SMILES string of the molecule is CC/C=C\C/C=C\C/C=C\C/C=C\C/C=C\C/C=C\C/C=C\CCCCCCCCCCCCCC(=O)NC(CO)C(O)CCCCCCCCCCCCCCCCCCCCCCCCCCCC. The molecule has 0 saturated carbocycles. The minimum absolute atomic E-state index is 0.0338. The molecule has 2 unspecified atom stereocenters. The molecule has 0 aliphatic rings. The zero-order valence-electron chi connectivity index (χ0n) is 47.5. The number of hydrogen-bond acceptors (Lipinski definition) is 3. The summed E-state index contributed by atoms with van der Waals surface area (Å²) in [5.41, 5.74) is 0. The molecule has 412 valence electrons. The van der Waals surface area contributed by atoms with E-state index >= 15 is 0 Å². The van der Waals surface area contributed by atoms with Crippen LogP contribution in [0.3, 0.4) is 0 Å². The molecule has 3 N–H and O–H groups in total. The summed E-state index contributed by atoms with van der Waals surface area (Å²) >= 11 is 0. The standard InChI is InChI=1S/C67H121NO3/c1-3-5-7-9-11-13-15-17-19-21-23-25-27-29-31-32-33-34-35-36-37-39-41-43-45-47-49-51-53-55-57-59-61-63-67(71)68-65(64-69)66(70)62-60-58-56-54-52-50-48-46-44-42-40-38-30-28-26-24-22-20-18-16-14-12-10-8-6-4-2/h5,7,11,13,17,19,23,25,29,31,33-34,36-37,65-66,69-70H,3-4,6,8-10,12,14-16,18,20-22,24,26-28,30,32,35,38-64H2,1-2H3,(H,68,71)/b7-5-,13-11-,19-17-,25-23-,31-29-,34-33-,37-36-. The lowest BCUT2D eigenvalue weighted by Crippen LogP contribution is -2.45. The highest BCUT2D eigenvalue weighted by Crippen LogP contribution is 2.18. The second-order valence-corrected chi connectivity index (χ2v) is 21.1. The van der Waals surface area contributed by atoms with Gasteiger partial charge in [-0.25, -0.2) is 0 Å². The zero-order valence-corrected chi connectivity index (χ0v) is 47.5. The smallest absolute Gasteiger partial charge is 0.220 e. The fourth-order valence-electron chi connectivity index (χ4n) is 9.46. The van der Waals surface area contributed by atoms with Crippen molar-refractivity contribution < 1.29 is 15.0 Å². The maximum absolute atomic E-state index is 12.5. The van der Waals surface area contributed by atoms with E-state index in [9.17, 15) is 15.0 Å². The number of hydrogen-bond donors (Lipinski definition) is 3. The van der Waals surface area contributed by atoms with Crippen molar-refractivity contribution in [3.05, 3.63) is 85.1 Å². The highest BCUT2D eigenvalue weighted by atomic mass is 16.3. The Kier molecular flexibility index (Phi) is 59.8. The summed E-state index contributed by atoms with van der Waals surface area (Å²) in [6, 6.07) is -0.544. The molecule has 0 aromatic heterocycles. The van der Waals surface area contributed by atoms with Gasteiger partial charge in [-0.2, -0.15) is 0 Å². The van der Waals surface area contributed by atoms with Gasteiger partial charge in [0, 0.05) is 6.42 Å². The highest BCUT2D eigenvalue weighted by Gasteiger charge is 2.20. The second kappa shape index (κ2) is 61.9. The Morgan fingerprint density at radius 3 is 0.930 bits per heavy atom. The molecule has 0 heterocycles. The van der Waals surface area contributed by atoms with Crippen LogP contribution in [0.2, 0.25) is 0 Å². The van der Waals surface area contributed by atoms with E-state index in [0.29, 0.717) is 12.8 Å². The first-order valence-electron chi connectivity index (χ1n) is 31.3. The van der Waals surface area contributed by atoms with Gasteiger partial charge in [-0.1, -0.05) is 324 Å². The van der Waals surface area contributed by atoms with E-state index in [1.54, 1.807) is 0 Å². The minimum Gasteiger partial charge on any atom is -0.394 e. The lowest BCUT2D eigenvalue weighted by atomic mass is 10.0. The first-order chi connectivity index (χ1) is 35.2. The van der Waals surface area contributed by atoms with Crippen molar-refractivity contribution in [2.45, 2.75) is 328 Å². The number of carbonyl (C=O) groups is 1. The van der Waals surface area contributed by atoms with Gasteiger partial charge in [0.2, 0.25) is 5.91 Å². The van der Waals surface area contributed by atoms with Gasteiger partial charge in [-0.3, -0.25) is 4.79 Å². The van der Waals surface area contributed by atoms with Crippen LogP contribution in [0.25, 0.3) is 0 Å². The average molecular weight is 989 g/mol. The Morgan fingerprint density at radius 1 is 0.352 bits per heavy atom. The third-order valence-corrected chi connectivity index (χ3v) is 14.2.